The summed E-state index contributed by atoms with van der Waals surface area (Å²) in [7, 11) is 0. The van der Waals surface area contributed by atoms with E-state index >= 15 is 0 Å². The first-order chi connectivity index (χ1) is 15.2. The molecule has 2 aromatic carbocycles. The van der Waals surface area contributed by atoms with Gasteiger partial charge in [0.15, 0.2) is 0 Å². The summed E-state index contributed by atoms with van der Waals surface area (Å²) in [6.45, 7) is 1.85. The summed E-state index contributed by atoms with van der Waals surface area (Å²) in [6, 6.07) is 23.0. The van der Waals surface area contributed by atoms with Gasteiger partial charge >= 0.3 is 0 Å². The highest BCUT2D eigenvalue weighted by atomic mass is 16.4. The van der Waals surface area contributed by atoms with Gasteiger partial charge in [0.2, 0.25) is 11.6 Å². The fraction of sp³-hybridized carbons (Fsp3) is 0.0833. The first-order valence-electron chi connectivity index (χ1n) is 9.87. The molecule has 7 heteroatoms. The Labute approximate surface area is 178 Å². The number of fused-ring (bicyclic) bond motifs is 1. The van der Waals surface area contributed by atoms with Gasteiger partial charge in [0.1, 0.15) is 11.5 Å². The normalized spacial score (nSPS) is 11.2. The average Bonchev–Trinajstić information content (AvgIpc) is 3.38. The number of carbonyl (C=O) groups excluding carboxylic acids is 1. The van der Waals surface area contributed by atoms with E-state index < -0.39 is 5.92 Å². The second-order valence-electron chi connectivity index (χ2n) is 7.14. The molecule has 0 saturated carbocycles. The van der Waals surface area contributed by atoms with Gasteiger partial charge in [0.05, 0.1) is 24.0 Å². The van der Waals surface area contributed by atoms with Gasteiger partial charge in [-0.05, 0) is 30.2 Å². The molecule has 0 saturated heterocycles. The van der Waals surface area contributed by atoms with E-state index in [0.29, 0.717) is 23.0 Å². The number of pyridine rings is 1. The summed E-state index contributed by atoms with van der Waals surface area (Å²) in [5, 5.41) is 7.36. The number of nitrogens with one attached hydrogen (secondary N) is 1. The molecule has 0 atom stereocenters. The number of anilines is 1. The van der Waals surface area contributed by atoms with Crippen molar-refractivity contribution >= 4 is 17.3 Å². The first kappa shape index (κ1) is 18.7. The molecule has 31 heavy (non-hydrogen) atoms. The molecule has 0 bridgehead atoms. The Morgan fingerprint density at radius 3 is 2.16 bits per heavy atom. The standard InChI is InChI=1S/C24H19N5O2/c1-16-25-15-21-29(16)28-24(31-21)20-13-12-19(14-26-20)27-23(30)22(17-8-4-2-5-9-17)18-10-6-3-7-11-18/h2-15,22H,1H3,(H,27,30). The second kappa shape index (κ2) is 7.87. The van der Waals surface area contributed by atoms with Crippen LogP contribution in [0.3, 0.4) is 0 Å². The number of rotatable bonds is 5. The lowest BCUT2D eigenvalue weighted by Crippen LogP contribution is -2.22. The van der Waals surface area contributed by atoms with Crippen molar-refractivity contribution in [3.05, 3.63) is 102 Å². The second-order valence-corrected chi connectivity index (χ2v) is 7.14. The van der Waals surface area contributed by atoms with Crippen LogP contribution in [0.4, 0.5) is 5.69 Å². The molecule has 5 aromatic rings. The Bertz CT molecular complexity index is 1290. The minimum atomic E-state index is -0.425. The van der Waals surface area contributed by atoms with Crippen LogP contribution in [0, 0.1) is 6.92 Å². The predicted molar refractivity (Wildman–Crippen MR) is 117 cm³/mol. The lowest BCUT2D eigenvalue weighted by atomic mass is 9.90. The van der Waals surface area contributed by atoms with Crippen LogP contribution in [0.15, 0.2) is 89.6 Å². The summed E-state index contributed by atoms with van der Waals surface area (Å²) in [5.41, 5.74) is 3.58. The van der Waals surface area contributed by atoms with E-state index in [0.717, 1.165) is 17.0 Å². The Balaban J connectivity index is 1.39. The number of carbonyl (C=O) groups is 1. The van der Waals surface area contributed by atoms with E-state index in [9.17, 15) is 4.79 Å². The van der Waals surface area contributed by atoms with E-state index in [1.165, 1.54) is 0 Å². The molecule has 0 unspecified atom stereocenters. The zero-order valence-corrected chi connectivity index (χ0v) is 16.8. The SMILES string of the molecule is Cc1ncc2oc(-c3ccc(NC(=O)C(c4ccccc4)c4ccccc4)cn3)nn12. The molecule has 0 aliphatic carbocycles. The highest BCUT2D eigenvalue weighted by Gasteiger charge is 2.23. The third-order valence-corrected chi connectivity index (χ3v) is 5.05. The summed E-state index contributed by atoms with van der Waals surface area (Å²) < 4.78 is 7.31. The van der Waals surface area contributed by atoms with Gasteiger partial charge in [-0.1, -0.05) is 60.7 Å². The number of hydrogen-bond donors (Lipinski definition) is 1. The number of aromatic nitrogens is 4. The van der Waals surface area contributed by atoms with Gasteiger partial charge in [-0.25, -0.2) is 9.97 Å². The van der Waals surface area contributed by atoms with Gasteiger partial charge in [-0.3, -0.25) is 4.79 Å². The molecule has 1 amide bonds. The van der Waals surface area contributed by atoms with Crippen molar-refractivity contribution in [1.82, 2.24) is 19.6 Å². The highest BCUT2D eigenvalue weighted by Crippen LogP contribution is 2.27. The monoisotopic (exact) mass is 409 g/mol. The molecule has 152 valence electrons. The smallest absolute Gasteiger partial charge is 0.264 e. The maximum absolute atomic E-state index is 13.2. The van der Waals surface area contributed by atoms with Crippen molar-refractivity contribution in [2.75, 3.05) is 5.32 Å². The molecule has 0 fully saturated rings. The minimum Gasteiger partial charge on any atom is -0.415 e. The summed E-state index contributed by atoms with van der Waals surface area (Å²) >= 11 is 0. The predicted octanol–water partition coefficient (Wildman–Crippen LogP) is 4.46. The largest absolute Gasteiger partial charge is 0.415 e. The molecule has 5 rings (SSSR count). The van der Waals surface area contributed by atoms with Crippen molar-refractivity contribution in [2.45, 2.75) is 12.8 Å². The summed E-state index contributed by atoms with van der Waals surface area (Å²) in [6.07, 6.45) is 3.22. The van der Waals surface area contributed by atoms with Gasteiger partial charge < -0.3 is 9.73 Å². The fourth-order valence-corrected chi connectivity index (χ4v) is 3.52. The molecular formula is C24H19N5O2. The van der Waals surface area contributed by atoms with Crippen molar-refractivity contribution in [3.8, 4) is 11.6 Å². The summed E-state index contributed by atoms with van der Waals surface area (Å²) in [5.74, 6) is 0.580. The molecule has 0 aliphatic rings. The van der Waals surface area contributed by atoms with Crippen molar-refractivity contribution in [2.24, 2.45) is 0 Å². The number of amides is 1. The highest BCUT2D eigenvalue weighted by molar-refractivity contribution is 5.98. The number of nitrogens with zero attached hydrogens (tertiary/aromatic N) is 4. The molecule has 3 heterocycles. The topological polar surface area (TPSA) is 85.3 Å². The van der Waals surface area contributed by atoms with Crippen LogP contribution in [-0.2, 0) is 4.79 Å². The molecule has 7 nitrogen and oxygen atoms in total. The number of imidazole rings is 1. The maximum Gasteiger partial charge on any atom is 0.264 e. The van der Waals surface area contributed by atoms with Crippen LogP contribution in [0.2, 0.25) is 0 Å². The molecular weight excluding hydrogens is 390 g/mol. The lowest BCUT2D eigenvalue weighted by Gasteiger charge is -2.18. The van der Waals surface area contributed by atoms with E-state index in [1.54, 1.807) is 29.0 Å². The van der Waals surface area contributed by atoms with Gasteiger partial charge in [-0.2, -0.15) is 4.52 Å². The van der Waals surface area contributed by atoms with Gasteiger partial charge in [-0.15, -0.1) is 5.10 Å². The van der Waals surface area contributed by atoms with Gasteiger partial charge in [0, 0.05) is 0 Å². The number of benzene rings is 2. The molecule has 0 aliphatic heterocycles. The van der Waals surface area contributed by atoms with Crippen LogP contribution in [0.1, 0.15) is 22.9 Å². The Morgan fingerprint density at radius 2 is 1.58 bits per heavy atom. The van der Waals surface area contributed by atoms with E-state index in [4.69, 9.17) is 4.42 Å². The first-order valence-corrected chi connectivity index (χ1v) is 9.87. The molecule has 0 spiro atoms. The van der Waals surface area contributed by atoms with Crippen LogP contribution in [0.5, 0.6) is 0 Å². The third kappa shape index (κ3) is 3.69. The van der Waals surface area contributed by atoms with E-state index in [1.807, 2.05) is 67.6 Å². The zero-order valence-electron chi connectivity index (χ0n) is 16.8. The van der Waals surface area contributed by atoms with Gasteiger partial charge in [0.25, 0.3) is 5.89 Å². The zero-order chi connectivity index (χ0) is 21.2. The Morgan fingerprint density at radius 1 is 0.903 bits per heavy atom. The van der Waals surface area contributed by atoms with Crippen molar-refractivity contribution < 1.29 is 9.21 Å². The van der Waals surface area contributed by atoms with Crippen LogP contribution >= 0.6 is 0 Å². The number of hydrogen-bond acceptors (Lipinski definition) is 5. The van der Waals surface area contributed by atoms with E-state index in [2.05, 4.69) is 20.4 Å². The third-order valence-electron chi connectivity index (χ3n) is 5.05. The average molecular weight is 409 g/mol. The molecule has 3 aromatic heterocycles. The molecule has 0 radical (unpaired) electrons. The fourth-order valence-electron chi connectivity index (χ4n) is 3.52. The van der Waals surface area contributed by atoms with Crippen molar-refractivity contribution in [1.29, 1.82) is 0 Å². The van der Waals surface area contributed by atoms with Crippen LogP contribution in [0.25, 0.3) is 17.3 Å². The lowest BCUT2D eigenvalue weighted by molar-refractivity contribution is -0.116. The quantitative estimate of drug-likeness (QED) is 0.463. The maximum atomic E-state index is 13.2. The Hall–Kier alpha value is -4.26. The molecule has 1 N–H and O–H groups in total. The van der Waals surface area contributed by atoms with E-state index in [-0.39, 0.29) is 5.91 Å². The summed E-state index contributed by atoms with van der Waals surface area (Å²) in [4.78, 5) is 21.8. The number of aryl methyl sites for hydroxylation is 1. The van der Waals surface area contributed by atoms with Crippen LogP contribution < -0.4 is 5.32 Å². The van der Waals surface area contributed by atoms with Crippen molar-refractivity contribution in [3.63, 3.8) is 0 Å². The minimum absolute atomic E-state index is 0.126. The Kier molecular flexibility index (Phi) is 4.76. The van der Waals surface area contributed by atoms with Crippen LogP contribution in [-0.4, -0.2) is 25.5 Å².